The first-order valence-corrected chi connectivity index (χ1v) is 4.95. The zero-order valence-corrected chi connectivity index (χ0v) is 8.46. The van der Waals surface area contributed by atoms with E-state index in [4.69, 9.17) is 21.1 Å². The van der Waals surface area contributed by atoms with Crippen LogP contribution in [0.2, 0.25) is 5.02 Å². The molecule has 4 heteroatoms. The summed E-state index contributed by atoms with van der Waals surface area (Å²) < 4.78 is 10.6. The Morgan fingerprint density at radius 1 is 1.36 bits per heavy atom. The summed E-state index contributed by atoms with van der Waals surface area (Å²) in [6.07, 6.45) is -0.131. The summed E-state index contributed by atoms with van der Waals surface area (Å²) in [7, 11) is 0. The van der Waals surface area contributed by atoms with E-state index in [0.29, 0.717) is 19.8 Å². The van der Waals surface area contributed by atoms with Gasteiger partial charge in [0.15, 0.2) is 6.29 Å². The first kappa shape index (κ1) is 9.77. The van der Waals surface area contributed by atoms with Crippen LogP contribution in [-0.4, -0.2) is 26.0 Å². The molecule has 0 amide bonds. The van der Waals surface area contributed by atoms with E-state index in [9.17, 15) is 0 Å². The van der Waals surface area contributed by atoms with Crippen LogP contribution in [0.25, 0.3) is 0 Å². The third-order valence-electron chi connectivity index (χ3n) is 1.99. The van der Waals surface area contributed by atoms with Gasteiger partial charge in [0.2, 0.25) is 0 Å². The Labute approximate surface area is 88.0 Å². The summed E-state index contributed by atoms with van der Waals surface area (Å²) in [5, 5.41) is 3.92. The zero-order chi connectivity index (χ0) is 9.80. The summed E-state index contributed by atoms with van der Waals surface area (Å²) in [6, 6.07) is 7.58. The van der Waals surface area contributed by atoms with E-state index in [1.807, 2.05) is 24.3 Å². The van der Waals surface area contributed by atoms with Gasteiger partial charge in [-0.1, -0.05) is 17.7 Å². The molecule has 3 nitrogen and oxygen atoms in total. The molecule has 14 heavy (non-hydrogen) atoms. The highest BCUT2D eigenvalue weighted by Crippen LogP contribution is 2.15. The first-order valence-electron chi connectivity index (χ1n) is 4.57. The fraction of sp³-hybridized carbons (Fsp3) is 0.400. The van der Waals surface area contributed by atoms with Gasteiger partial charge in [-0.3, -0.25) is 0 Å². The molecule has 0 radical (unpaired) electrons. The molecular formula is C10H12ClNO2. The average molecular weight is 214 g/mol. The standard InChI is InChI=1S/C10H12ClNO2/c11-8-2-1-3-9(6-8)12-7-10-13-4-5-14-10/h1-3,6,10,12H,4-5,7H2. The lowest BCUT2D eigenvalue weighted by atomic mass is 10.3. The molecule has 1 aromatic rings. The highest BCUT2D eigenvalue weighted by Gasteiger charge is 2.14. The van der Waals surface area contributed by atoms with Gasteiger partial charge in [0.1, 0.15) is 0 Å². The molecule has 1 aliphatic heterocycles. The van der Waals surface area contributed by atoms with E-state index in [1.54, 1.807) is 0 Å². The van der Waals surface area contributed by atoms with E-state index in [1.165, 1.54) is 0 Å². The molecule has 1 saturated heterocycles. The van der Waals surface area contributed by atoms with Crippen LogP contribution in [-0.2, 0) is 9.47 Å². The number of hydrogen-bond acceptors (Lipinski definition) is 3. The van der Waals surface area contributed by atoms with Crippen molar-refractivity contribution in [3.63, 3.8) is 0 Å². The van der Waals surface area contributed by atoms with Crippen LogP contribution in [0, 0.1) is 0 Å². The molecule has 1 N–H and O–H groups in total. The molecule has 2 rings (SSSR count). The number of rotatable bonds is 3. The van der Waals surface area contributed by atoms with Gasteiger partial charge >= 0.3 is 0 Å². The van der Waals surface area contributed by atoms with Gasteiger partial charge in [0.05, 0.1) is 19.8 Å². The summed E-state index contributed by atoms with van der Waals surface area (Å²) >= 11 is 5.84. The van der Waals surface area contributed by atoms with Crippen LogP contribution in [0.1, 0.15) is 0 Å². The van der Waals surface area contributed by atoms with Gasteiger partial charge in [-0.25, -0.2) is 0 Å². The molecule has 0 atom stereocenters. The Hall–Kier alpha value is -0.770. The first-order chi connectivity index (χ1) is 6.84. The van der Waals surface area contributed by atoms with Crippen LogP contribution >= 0.6 is 11.6 Å². The second-order valence-corrected chi connectivity index (χ2v) is 3.50. The fourth-order valence-electron chi connectivity index (χ4n) is 1.32. The van der Waals surface area contributed by atoms with Crippen LogP contribution < -0.4 is 5.32 Å². The predicted molar refractivity (Wildman–Crippen MR) is 55.6 cm³/mol. The highest BCUT2D eigenvalue weighted by molar-refractivity contribution is 6.30. The molecule has 1 aromatic carbocycles. The number of halogens is 1. The lowest BCUT2D eigenvalue weighted by Crippen LogP contribution is -2.20. The van der Waals surface area contributed by atoms with Crippen LogP contribution in [0.5, 0.6) is 0 Å². The summed E-state index contributed by atoms with van der Waals surface area (Å²) in [6.45, 7) is 2.02. The molecule has 76 valence electrons. The largest absolute Gasteiger partial charge is 0.380 e. The van der Waals surface area contributed by atoms with E-state index >= 15 is 0 Å². The maximum Gasteiger partial charge on any atom is 0.174 e. The third-order valence-corrected chi connectivity index (χ3v) is 2.22. The van der Waals surface area contributed by atoms with Crippen LogP contribution in [0.4, 0.5) is 5.69 Å². The minimum absolute atomic E-state index is 0.131. The molecule has 0 bridgehead atoms. The number of hydrogen-bond donors (Lipinski definition) is 1. The number of nitrogens with one attached hydrogen (secondary N) is 1. The topological polar surface area (TPSA) is 30.5 Å². The van der Waals surface area contributed by atoms with Crippen molar-refractivity contribution < 1.29 is 9.47 Å². The molecule has 0 aromatic heterocycles. The van der Waals surface area contributed by atoms with Gasteiger partial charge < -0.3 is 14.8 Å². The predicted octanol–water partition coefficient (Wildman–Crippen LogP) is 2.12. The Morgan fingerprint density at radius 2 is 2.14 bits per heavy atom. The van der Waals surface area contributed by atoms with E-state index < -0.39 is 0 Å². The second kappa shape index (κ2) is 4.64. The van der Waals surface area contributed by atoms with E-state index in [-0.39, 0.29) is 6.29 Å². The molecule has 1 fully saturated rings. The van der Waals surface area contributed by atoms with Gasteiger partial charge in [-0.2, -0.15) is 0 Å². The molecule has 0 spiro atoms. The molecular weight excluding hydrogens is 202 g/mol. The van der Waals surface area contributed by atoms with E-state index in [0.717, 1.165) is 10.7 Å². The maximum absolute atomic E-state index is 5.84. The van der Waals surface area contributed by atoms with Gasteiger partial charge in [-0.15, -0.1) is 0 Å². The van der Waals surface area contributed by atoms with Gasteiger partial charge in [0.25, 0.3) is 0 Å². The average Bonchev–Trinajstić information content (AvgIpc) is 2.67. The maximum atomic E-state index is 5.84. The summed E-state index contributed by atoms with van der Waals surface area (Å²) in [4.78, 5) is 0. The minimum Gasteiger partial charge on any atom is -0.380 e. The van der Waals surface area contributed by atoms with Crippen molar-refractivity contribution in [2.45, 2.75) is 6.29 Å². The van der Waals surface area contributed by atoms with Gasteiger partial charge in [0, 0.05) is 10.7 Å². The minimum atomic E-state index is -0.131. The van der Waals surface area contributed by atoms with Crippen LogP contribution in [0.3, 0.4) is 0 Å². The second-order valence-electron chi connectivity index (χ2n) is 3.06. The normalized spacial score (nSPS) is 17.2. The smallest absolute Gasteiger partial charge is 0.174 e. The number of ether oxygens (including phenoxy) is 2. The van der Waals surface area contributed by atoms with Crippen molar-refractivity contribution >= 4 is 17.3 Å². The van der Waals surface area contributed by atoms with Crippen LogP contribution in [0.15, 0.2) is 24.3 Å². The van der Waals surface area contributed by atoms with Crippen molar-refractivity contribution in [3.8, 4) is 0 Å². The quantitative estimate of drug-likeness (QED) is 0.835. The molecule has 0 aliphatic carbocycles. The van der Waals surface area contributed by atoms with Crippen molar-refractivity contribution in [1.29, 1.82) is 0 Å². The SMILES string of the molecule is Clc1cccc(NCC2OCCO2)c1. The van der Waals surface area contributed by atoms with Crippen molar-refractivity contribution in [2.24, 2.45) is 0 Å². The Kier molecular flexibility index (Phi) is 3.24. The zero-order valence-electron chi connectivity index (χ0n) is 7.70. The van der Waals surface area contributed by atoms with Crippen molar-refractivity contribution in [1.82, 2.24) is 0 Å². The van der Waals surface area contributed by atoms with Crippen molar-refractivity contribution in [2.75, 3.05) is 25.1 Å². The Morgan fingerprint density at radius 3 is 2.86 bits per heavy atom. The fourth-order valence-corrected chi connectivity index (χ4v) is 1.51. The monoisotopic (exact) mass is 213 g/mol. The van der Waals surface area contributed by atoms with Crippen molar-refractivity contribution in [3.05, 3.63) is 29.3 Å². The summed E-state index contributed by atoms with van der Waals surface area (Å²) in [5.41, 5.74) is 0.983. The van der Waals surface area contributed by atoms with Gasteiger partial charge in [-0.05, 0) is 18.2 Å². The Bertz CT molecular complexity index is 300. The third kappa shape index (κ3) is 2.61. The lowest BCUT2D eigenvalue weighted by Gasteiger charge is -2.11. The highest BCUT2D eigenvalue weighted by atomic mass is 35.5. The summed E-state index contributed by atoms with van der Waals surface area (Å²) in [5.74, 6) is 0. The lowest BCUT2D eigenvalue weighted by molar-refractivity contribution is -0.0299. The number of anilines is 1. The molecule has 0 saturated carbocycles. The molecule has 0 unspecified atom stereocenters. The van der Waals surface area contributed by atoms with E-state index in [2.05, 4.69) is 5.32 Å². The molecule has 1 heterocycles. The Balaban J connectivity index is 1.85. The number of benzene rings is 1. The molecule has 1 aliphatic rings.